The summed E-state index contributed by atoms with van der Waals surface area (Å²) in [5, 5.41) is 7.76. The first-order valence-corrected chi connectivity index (χ1v) is 6.89. The number of methoxy groups -OCH3 is 1. The Balaban J connectivity index is 2.91. The average molecular weight is 311 g/mol. The predicted molar refractivity (Wildman–Crippen MR) is 80.8 cm³/mol. The van der Waals surface area contributed by atoms with Gasteiger partial charge in [-0.15, -0.1) is 0 Å². The summed E-state index contributed by atoms with van der Waals surface area (Å²) in [5.74, 6) is 0. The Kier molecular flexibility index (Phi) is 5.74. The van der Waals surface area contributed by atoms with Crippen molar-refractivity contribution in [2.75, 3.05) is 28.3 Å². The van der Waals surface area contributed by atoms with Crippen molar-refractivity contribution < 1.29 is 18.8 Å². The summed E-state index contributed by atoms with van der Waals surface area (Å²) in [6.07, 6.45) is 0. The highest BCUT2D eigenvalue weighted by Gasteiger charge is 2.48. The van der Waals surface area contributed by atoms with Crippen LogP contribution < -0.4 is 4.72 Å². The molecular formula is C13H19N4O3S+. The molecule has 0 bridgehead atoms. The number of carbonyl (C=O) groups is 2. The first kappa shape index (κ1) is 17.0. The van der Waals surface area contributed by atoms with Crippen LogP contribution in [0.4, 0.5) is 9.59 Å². The van der Waals surface area contributed by atoms with E-state index in [1.807, 2.05) is 30.3 Å². The van der Waals surface area contributed by atoms with Crippen molar-refractivity contribution in [1.29, 1.82) is 5.41 Å². The van der Waals surface area contributed by atoms with Crippen LogP contribution in [0.1, 0.15) is 0 Å². The normalized spacial score (nSPS) is 13.0. The van der Waals surface area contributed by atoms with Gasteiger partial charge in [0, 0.05) is 19.0 Å². The molecule has 1 rings (SSSR count). The molecule has 1 aromatic rings. The minimum absolute atomic E-state index is 0.458. The number of amides is 4. The summed E-state index contributed by atoms with van der Waals surface area (Å²) >= 11 is 1.07. The van der Waals surface area contributed by atoms with Gasteiger partial charge in [0.1, 0.15) is 0 Å². The van der Waals surface area contributed by atoms with Crippen LogP contribution in [0.3, 0.4) is 0 Å². The highest BCUT2D eigenvalue weighted by atomic mass is 32.2. The number of benzene rings is 1. The molecule has 0 saturated heterocycles. The van der Waals surface area contributed by atoms with Crippen molar-refractivity contribution in [2.24, 2.45) is 0 Å². The maximum atomic E-state index is 12.4. The summed E-state index contributed by atoms with van der Waals surface area (Å²) in [4.78, 5) is 26.6. The summed E-state index contributed by atoms with van der Waals surface area (Å²) in [5.41, 5.74) is 0. The average Bonchev–Trinajstić information content (AvgIpc) is 2.50. The highest BCUT2D eigenvalue weighted by Crippen LogP contribution is 2.17. The Morgan fingerprint density at radius 1 is 1.29 bits per heavy atom. The molecule has 1 aromatic carbocycles. The molecule has 0 aliphatic heterocycles. The van der Waals surface area contributed by atoms with Gasteiger partial charge >= 0.3 is 18.1 Å². The monoisotopic (exact) mass is 311 g/mol. The fraction of sp³-hybridized carbons (Fsp3) is 0.308. The zero-order valence-corrected chi connectivity index (χ0v) is 13.2. The lowest BCUT2D eigenvalue weighted by Crippen LogP contribution is -2.63. The van der Waals surface area contributed by atoms with Gasteiger partial charge in [0.25, 0.3) is 0 Å². The second-order valence-corrected chi connectivity index (χ2v) is 5.39. The van der Waals surface area contributed by atoms with Crippen molar-refractivity contribution in [3.63, 3.8) is 0 Å². The fourth-order valence-electron chi connectivity index (χ4n) is 1.53. The number of nitrogens with zero attached hydrogens (tertiary/aromatic N) is 2. The number of hydrogen-bond acceptors (Lipinski definition) is 5. The van der Waals surface area contributed by atoms with E-state index in [-0.39, 0.29) is 0 Å². The highest BCUT2D eigenvalue weighted by molar-refractivity contribution is 7.98. The number of hydrogen-bond donors (Lipinski definition) is 2. The number of carbonyl (C=O) groups excluding carboxylic acids is 2. The molecule has 4 amide bonds. The third kappa shape index (κ3) is 3.73. The molecule has 21 heavy (non-hydrogen) atoms. The molecule has 1 unspecified atom stereocenters. The largest absolute Gasteiger partial charge is 0.444 e. The van der Waals surface area contributed by atoms with E-state index in [0.29, 0.717) is 0 Å². The van der Waals surface area contributed by atoms with Gasteiger partial charge in [-0.3, -0.25) is 4.90 Å². The van der Waals surface area contributed by atoms with Gasteiger partial charge in [0.05, 0.1) is 14.2 Å². The Bertz CT molecular complexity index is 535. The molecule has 0 aliphatic carbocycles. The molecule has 1 atom stereocenters. The van der Waals surface area contributed by atoms with Crippen LogP contribution >= 0.6 is 11.9 Å². The van der Waals surface area contributed by atoms with Gasteiger partial charge < -0.3 is 4.74 Å². The van der Waals surface area contributed by atoms with Crippen LogP contribution in [0.25, 0.3) is 0 Å². The molecule has 7 nitrogen and oxygen atoms in total. The number of rotatable bonds is 2. The third-order valence-corrected chi connectivity index (χ3v) is 3.55. The predicted octanol–water partition coefficient (Wildman–Crippen LogP) is 2.11. The second kappa shape index (κ2) is 7.09. The van der Waals surface area contributed by atoms with Crippen LogP contribution in [-0.4, -0.2) is 55.7 Å². The molecule has 2 N–H and O–H groups in total. The van der Waals surface area contributed by atoms with Crippen LogP contribution in [0.5, 0.6) is 0 Å². The second-order valence-electron chi connectivity index (χ2n) is 4.51. The van der Waals surface area contributed by atoms with Crippen LogP contribution in [0.2, 0.25) is 0 Å². The minimum Gasteiger partial charge on any atom is -0.439 e. The van der Waals surface area contributed by atoms with E-state index in [9.17, 15) is 9.59 Å². The first-order valence-electron chi connectivity index (χ1n) is 6.08. The van der Waals surface area contributed by atoms with Gasteiger partial charge in [-0.1, -0.05) is 22.7 Å². The van der Waals surface area contributed by atoms with Crippen LogP contribution in [0, 0.1) is 5.41 Å². The van der Waals surface area contributed by atoms with Gasteiger partial charge in [0.2, 0.25) is 0 Å². The van der Waals surface area contributed by atoms with Crippen molar-refractivity contribution in [3.8, 4) is 0 Å². The molecule has 0 heterocycles. The number of nitrogens with one attached hydrogen (secondary N) is 2. The van der Waals surface area contributed by atoms with E-state index >= 15 is 0 Å². The van der Waals surface area contributed by atoms with Gasteiger partial charge in [-0.25, -0.2) is 19.7 Å². The van der Waals surface area contributed by atoms with Crippen molar-refractivity contribution in [1.82, 2.24) is 9.62 Å². The molecule has 0 aromatic heterocycles. The van der Waals surface area contributed by atoms with E-state index in [4.69, 9.17) is 10.1 Å². The Labute approximate surface area is 128 Å². The lowest BCUT2D eigenvalue weighted by atomic mass is 10.4. The zero-order valence-electron chi connectivity index (χ0n) is 12.4. The number of urea groups is 2. The summed E-state index contributed by atoms with van der Waals surface area (Å²) in [6, 6.07) is 7.50. The van der Waals surface area contributed by atoms with E-state index < -0.39 is 22.6 Å². The van der Waals surface area contributed by atoms with Crippen LogP contribution in [-0.2, 0) is 4.74 Å². The number of quaternary nitrogens is 1. The fourth-order valence-corrected chi connectivity index (χ4v) is 2.21. The quantitative estimate of drug-likeness (QED) is 0.379. The summed E-state index contributed by atoms with van der Waals surface area (Å²) in [7, 11) is 5.59. The summed E-state index contributed by atoms with van der Waals surface area (Å²) < 4.78 is 6.44. The zero-order chi connectivity index (χ0) is 16.0. The topological polar surface area (TPSA) is 82.5 Å². The van der Waals surface area contributed by atoms with Crippen molar-refractivity contribution in [2.45, 2.75) is 4.90 Å². The Morgan fingerprint density at radius 2 is 1.86 bits per heavy atom. The smallest absolute Gasteiger partial charge is 0.439 e. The van der Waals surface area contributed by atoms with Gasteiger partial charge in [-0.05, 0) is 24.1 Å². The molecular weight excluding hydrogens is 292 g/mol. The molecule has 0 radical (unpaired) electrons. The molecule has 114 valence electrons. The maximum absolute atomic E-state index is 12.4. The van der Waals surface area contributed by atoms with E-state index in [1.54, 1.807) is 0 Å². The number of amidine groups is 1. The molecule has 8 heteroatoms. The molecule has 0 saturated carbocycles. The summed E-state index contributed by atoms with van der Waals surface area (Å²) in [6.45, 7) is 0. The molecule has 0 fully saturated rings. The van der Waals surface area contributed by atoms with E-state index in [2.05, 4.69) is 4.72 Å². The lowest BCUT2D eigenvalue weighted by Gasteiger charge is -2.28. The minimum atomic E-state index is -0.927. The lowest BCUT2D eigenvalue weighted by molar-refractivity contribution is -0.662. The maximum Gasteiger partial charge on any atom is 0.444 e. The van der Waals surface area contributed by atoms with Crippen molar-refractivity contribution in [3.05, 3.63) is 30.3 Å². The van der Waals surface area contributed by atoms with E-state index in [1.165, 1.54) is 33.2 Å². The standard InChI is InChI=1S/C13H18N4O3S/c1-16(2)13(19)17(3,11(14)20-4)12(18)15-21-10-8-6-5-7-9-10/h5-9,14H,1-4H3/p+1. The van der Waals surface area contributed by atoms with Gasteiger partial charge in [-0.2, -0.15) is 0 Å². The molecule has 0 aliphatic rings. The third-order valence-electron chi connectivity index (χ3n) is 2.77. The van der Waals surface area contributed by atoms with Gasteiger partial charge in [0.15, 0.2) is 0 Å². The SMILES string of the molecule is COC(=N)[N+](C)(C(=O)NSc1ccccc1)C(=O)N(C)C. The van der Waals surface area contributed by atoms with E-state index in [0.717, 1.165) is 16.8 Å². The molecule has 0 spiro atoms. The Hall–Kier alpha value is -2.06. The Morgan fingerprint density at radius 3 is 2.33 bits per heavy atom. The number of ether oxygens (including phenoxy) is 1. The first-order chi connectivity index (χ1) is 9.83. The van der Waals surface area contributed by atoms with Crippen molar-refractivity contribution >= 4 is 30.0 Å². The number of imide groups is 1. The van der Waals surface area contributed by atoms with Crippen LogP contribution in [0.15, 0.2) is 35.2 Å².